The highest BCUT2D eigenvalue weighted by Crippen LogP contribution is 2.21. The van der Waals surface area contributed by atoms with Gasteiger partial charge in [-0.2, -0.15) is 0 Å². The predicted molar refractivity (Wildman–Crippen MR) is 94.9 cm³/mol. The Kier molecular flexibility index (Phi) is 7.29. The van der Waals surface area contributed by atoms with Crippen LogP contribution in [-0.4, -0.2) is 52.5 Å². The molecule has 2 N–H and O–H groups in total. The lowest BCUT2D eigenvalue weighted by Crippen LogP contribution is -2.40. The zero-order valence-corrected chi connectivity index (χ0v) is 15.7. The van der Waals surface area contributed by atoms with Crippen LogP contribution in [0.1, 0.15) is 0 Å². The van der Waals surface area contributed by atoms with Gasteiger partial charge in [0.1, 0.15) is 10.7 Å². The molecule has 1 aliphatic rings. The van der Waals surface area contributed by atoms with E-state index in [0.29, 0.717) is 6.54 Å². The Hall–Kier alpha value is -0.650. The van der Waals surface area contributed by atoms with E-state index in [1.165, 1.54) is 0 Å². The molecule has 0 aliphatic carbocycles. The fraction of sp³-hybridized carbons (Fsp3) is 0.417. The highest BCUT2D eigenvalue weighted by Gasteiger charge is 2.18. The van der Waals surface area contributed by atoms with E-state index in [9.17, 15) is 12.8 Å². The van der Waals surface area contributed by atoms with Gasteiger partial charge in [0.2, 0.25) is 10.0 Å². The van der Waals surface area contributed by atoms with E-state index in [4.69, 9.17) is 11.6 Å². The Labute approximate surface area is 151 Å². The number of sulfonamides is 1. The van der Waals surface area contributed by atoms with Crippen molar-refractivity contribution in [1.29, 1.82) is 0 Å². The van der Waals surface area contributed by atoms with Gasteiger partial charge >= 0.3 is 0 Å². The Balaban J connectivity index is 0.00000242. The number of nitrogens with zero attached hydrogens (tertiary/aromatic N) is 2. The number of aliphatic imine (C=N–C) groups is 1. The van der Waals surface area contributed by atoms with Gasteiger partial charge in [0, 0.05) is 26.7 Å². The zero-order valence-electron chi connectivity index (χ0n) is 11.8. The van der Waals surface area contributed by atoms with Crippen molar-refractivity contribution in [3.05, 3.63) is 29.0 Å². The third kappa shape index (κ3) is 4.93. The SMILES string of the molecule is CN1CCN=C1NCCNS(=O)(=O)c1ccc(F)cc1Cl.I. The maximum Gasteiger partial charge on any atom is 0.242 e. The van der Waals surface area contributed by atoms with Gasteiger partial charge in [-0.05, 0) is 18.2 Å². The molecule has 2 rings (SSSR count). The van der Waals surface area contributed by atoms with Gasteiger partial charge in [-0.3, -0.25) is 4.99 Å². The molecular weight excluding hydrogens is 446 g/mol. The molecule has 0 fully saturated rings. The van der Waals surface area contributed by atoms with Crippen LogP contribution in [0.3, 0.4) is 0 Å². The van der Waals surface area contributed by atoms with Crippen molar-refractivity contribution in [1.82, 2.24) is 14.9 Å². The maximum atomic E-state index is 12.9. The average molecular weight is 463 g/mol. The van der Waals surface area contributed by atoms with Crippen molar-refractivity contribution in [2.45, 2.75) is 4.90 Å². The molecule has 0 spiro atoms. The average Bonchev–Trinajstić information content (AvgIpc) is 2.80. The molecule has 10 heteroatoms. The predicted octanol–water partition coefficient (Wildman–Crippen LogP) is 1.27. The van der Waals surface area contributed by atoms with Crippen molar-refractivity contribution in [2.24, 2.45) is 4.99 Å². The Morgan fingerprint density at radius 2 is 2.14 bits per heavy atom. The number of hydrogen-bond donors (Lipinski definition) is 2. The monoisotopic (exact) mass is 462 g/mol. The lowest BCUT2D eigenvalue weighted by Gasteiger charge is -2.15. The third-order valence-electron chi connectivity index (χ3n) is 2.94. The first kappa shape index (κ1) is 19.4. The van der Waals surface area contributed by atoms with Crippen molar-refractivity contribution in [3.63, 3.8) is 0 Å². The summed E-state index contributed by atoms with van der Waals surface area (Å²) in [6.07, 6.45) is 0. The van der Waals surface area contributed by atoms with E-state index in [2.05, 4.69) is 15.0 Å². The number of rotatable bonds is 5. The van der Waals surface area contributed by atoms with Gasteiger partial charge in [-0.25, -0.2) is 17.5 Å². The van der Waals surface area contributed by atoms with Gasteiger partial charge in [-0.1, -0.05) is 11.6 Å². The first-order chi connectivity index (χ1) is 9.90. The fourth-order valence-corrected chi connectivity index (χ4v) is 3.42. The van der Waals surface area contributed by atoms with E-state index in [1.807, 2.05) is 11.9 Å². The van der Waals surface area contributed by atoms with Crippen LogP contribution in [0.15, 0.2) is 28.1 Å². The van der Waals surface area contributed by atoms with Crippen LogP contribution in [-0.2, 0) is 10.0 Å². The van der Waals surface area contributed by atoms with Crippen molar-refractivity contribution >= 4 is 51.6 Å². The molecule has 0 saturated heterocycles. The summed E-state index contributed by atoms with van der Waals surface area (Å²) in [5.41, 5.74) is 0. The molecule has 0 unspecified atom stereocenters. The maximum absolute atomic E-state index is 12.9. The lowest BCUT2D eigenvalue weighted by atomic mass is 10.3. The van der Waals surface area contributed by atoms with E-state index in [1.54, 1.807) is 0 Å². The molecular formula is C12H17ClFIN4O2S. The van der Waals surface area contributed by atoms with Gasteiger partial charge in [0.15, 0.2) is 5.96 Å². The molecule has 1 aromatic rings. The molecule has 0 aromatic heterocycles. The molecule has 0 bridgehead atoms. The van der Waals surface area contributed by atoms with Crippen molar-refractivity contribution in [3.8, 4) is 0 Å². The van der Waals surface area contributed by atoms with E-state index >= 15 is 0 Å². The van der Waals surface area contributed by atoms with E-state index in [-0.39, 0.29) is 40.4 Å². The number of benzene rings is 1. The van der Waals surface area contributed by atoms with E-state index < -0.39 is 15.8 Å². The molecule has 1 heterocycles. The van der Waals surface area contributed by atoms with Gasteiger partial charge in [-0.15, -0.1) is 24.0 Å². The third-order valence-corrected chi connectivity index (χ3v) is 4.89. The zero-order chi connectivity index (χ0) is 15.5. The Bertz CT molecular complexity index is 657. The summed E-state index contributed by atoms with van der Waals surface area (Å²) in [4.78, 5) is 6.04. The van der Waals surface area contributed by atoms with Crippen molar-refractivity contribution < 1.29 is 12.8 Å². The Morgan fingerprint density at radius 1 is 1.41 bits per heavy atom. The number of hydrogen-bond acceptors (Lipinski definition) is 5. The molecule has 22 heavy (non-hydrogen) atoms. The van der Waals surface area contributed by atoms with Crippen molar-refractivity contribution in [2.75, 3.05) is 33.2 Å². The molecule has 124 valence electrons. The van der Waals surface area contributed by atoms with Crippen LogP contribution in [0, 0.1) is 5.82 Å². The number of guanidine groups is 1. The molecule has 0 amide bonds. The van der Waals surface area contributed by atoms with Crippen LogP contribution in [0.4, 0.5) is 4.39 Å². The molecule has 0 saturated carbocycles. The normalized spacial score (nSPS) is 14.5. The summed E-state index contributed by atoms with van der Waals surface area (Å²) in [7, 11) is -1.86. The topological polar surface area (TPSA) is 73.8 Å². The highest BCUT2D eigenvalue weighted by atomic mass is 127. The standard InChI is InChI=1S/C12H16ClFN4O2S.HI/c1-18-7-6-16-12(18)15-4-5-17-21(19,20)11-3-2-9(14)8-10(11)13;/h2-3,8,17H,4-7H2,1H3,(H,15,16);1H. The van der Waals surface area contributed by atoms with Gasteiger partial charge in [0.25, 0.3) is 0 Å². The summed E-state index contributed by atoms with van der Waals surface area (Å²) in [6.45, 7) is 2.14. The second-order valence-corrected chi connectivity index (χ2v) is 6.67. The van der Waals surface area contributed by atoms with Gasteiger partial charge < -0.3 is 10.2 Å². The largest absolute Gasteiger partial charge is 0.355 e. The van der Waals surface area contributed by atoms with Crippen LogP contribution in [0.25, 0.3) is 0 Å². The second-order valence-electron chi connectivity index (χ2n) is 4.53. The summed E-state index contributed by atoms with van der Waals surface area (Å²) in [5, 5.41) is 2.89. The molecule has 1 aromatic carbocycles. The van der Waals surface area contributed by atoms with E-state index in [0.717, 1.165) is 37.2 Å². The second kappa shape index (κ2) is 8.27. The summed E-state index contributed by atoms with van der Waals surface area (Å²) >= 11 is 5.75. The summed E-state index contributed by atoms with van der Waals surface area (Å²) in [6, 6.07) is 3.17. The van der Waals surface area contributed by atoms with Crippen LogP contribution >= 0.6 is 35.6 Å². The number of nitrogens with one attached hydrogen (secondary N) is 2. The number of halogens is 3. The van der Waals surface area contributed by atoms with Crippen LogP contribution in [0.2, 0.25) is 5.02 Å². The first-order valence-electron chi connectivity index (χ1n) is 6.34. The summed E-state index contributed by atoms with van der Waals surface area (Å²) < 4.78 is 39.4. The molecule has 0 atom stereocenters. The smallest absolute Gasteiger partial charge is 0.242 e. The molecule has 6 nitrogen and oxygen atoms in total. The quantitative estimate of drug-likeness (QED) is 0.511. The number of likely N-dealkylation sites (N-methyl/N-ethyl adjacent to an activating group) is 1. The minimum Gasteiger partial charge on any atom is -0.355 e. The summed E-state index contributed by atoms with van der Waals surface area (Å²) in [5.74, 6) is 0.164. The Morgan fingerprint density at radius 3 is 2.73 bits per heavy atom. The minimum absolute atomic E-state index is 0. The minimum atomic E-state index is -3.76. The molecule has 0 radical (unpaired) electrons. The highest BCUT2D eigenvalue weighted by molar-refractivity contribution is 14.0. The fourth-order valence-electron chi connectivity index (χ4n) is 1.85. The van der Waals surface area contributed by atoms with Crippen LogP contribution in [0.5, 0.6) is 0 Å². The lowest BCUT2D eigenvalue weighted by molar-refractivity contribution is 0.533. The van der Waals surface area contributed by atoms with Gasteiger partial charge in [0.05, 0.1) is 11.6 Å². The first-order valence-corrected chi connectivity index (χ1v) is 8.20. The molecule has 1 aliphatic heterocycles. The van der Waals surface area contributed by atoms with Crippen LogP contribution < -0.4 is 10.0 Å².